The number of nitrogens with one attached hydrogen (secondary N) is 1. The van der Waals surface area contributed by atoms with E-state index < -0.39 is 16.6 Å². The van der Waals surface area contributed by atoms with Crippen LogP contribution in [0.25, 0.3) is 0 Å². The maximum absolute atomic E-state index is 11.8. The number of ether oxygens (including phenoxy) is 2. The molecule has 27 heavy (non-hydrogen) atoms. The van der Waals surface area contributed by atoms with Crippen LogP contribution in [0, 0.1) is 10.1 Å². The molecule has 2 aromatic carbocycles. The molecule has 1 N–H and O–H groups in total. The molecule has 0 saturated heterocycles. The van der Waals surface area contributed by atoms with Gasteiger partial charge in [-0.15, -0.1) is 0 Å². The highest BCUT2D eigenvalue weighted by molar-refractivity contribution is 9.10. The first-order valence-electron chi connectivity index (χ1n) is 7.57. The van der Waals surface area contributed by atoms with E-state index in [-0.39, 0.29) is 26.0 Å². The second-order valence-electron chi connectivity index (χ2n) is 6.37. The van der Waals surface area contributed by atoms with Gasteiger partial charge >= 0.3 is 6.09 Å². The Morgan fingerprint density at radius 1 is 1.19 bits per heavy atom. The molecule has 0 bridgehead atoms. The van der Waals surface area contributed by atoms with Crippen LogP contribution in [0.2, 0.25) is 10.0 Å². The van der Waals surface area contributed by atoms with Gasteiger partial charge in [0.2, 0.25) is 0 Å². The van der Waals surface area contributed by atoms with Crippen LogP contribution in [0.4, 0.5) is 16.2 Å². The van der Waals surface area contributed by atoms with Gasteiger partial charge in [0.1, 0.15) is 11.4 Å². The predicted octanol–water partition coefficient (Wildman–Crippen LogP) is 6.80. The number of nitro groups is 1. The van der Waals surface area contributed by atoms with E-state index >= 15 is 0 Å². The molecule has 0 saturated carbocycles. The van der Waals surface area contributed by atoms with Crippen molar-refractivity contribution in [2.24, 2.45) is 0 Å². The number of hydrogen-bond donors (Lipinski definition) is 1. The van der Waals surface area contributed by atoms with Gasteiger partial charge in [-0.25, -0.2) is 4.79 Å². The molecule has 0 aromatic heterocycles. The van der Waals surface area contributed by atoms with Crippen molar-refractivity contribution in [2.45, 2.75) is 26.4 Å². The number of hydrogen-bond acceptors (Lipinski definition) is 5. The summed E-state index contributed by atoms with van der Waals surface area (Å²) in [4.78, 5) is 22.2. The molecule has 0 aliphatic carbocycles. The Labute approximate surface area is 173 Å². The van der Waals surface area contributed by atoms with Gasteiger partial charge in [-0.3, -0.25) is 15.4 Å². The van der Waals surface area contributed by atoms with Gasteiger partial charge in [-0.05, 0) is 54.9 Å². The van der Waals surface area contributed by atoms with Gasteiger partial charge in [-0.1, -0.05) is 23.2 Å². The molecule has 2 aromatic rings. The molecule has 10 heteroatoms. The molecule has 144 valence electrons. The number of carbonyl (C=O) groups is 1. The predicted molar refractivity (Wildman–Crippen MR) is 107 cm³/mol. The van der Waals surface area contributed by atoms with Gasteiger partial charge in [0, 0.05) is 17.8 Å². The Morgan fingerprint density at radius 2 is 1.78 bits per heavy atom. The fourth-order valence-corrected chi connectivity index (χ4v) is 3.03. The first-order chi connectivity index (χ1) is 12.5. The summed E-state index contributed by atoms with van der Waals surface area (Å²) in [6.07, 6.45) is -0.650. The number of carbonyl (C=O) groups excluding carboxylic acids is 1. The lowest BCUT2D eigenvalue weighted by Crippen LogP contribution is -2.27. The van der Waals surface area contributed by atoms with Crippen molar-refractivity contribution in [1.29, 1.82) is 0 Å². The number of anilines is 1. The zero-order valence-electron chi connectivity index (χ0n) is 14.5. The SMILES string of the molecule is CC(C)(C)OC(=O)Nc1cc(Cl)c(Oc2ccc([N+](=O)[O-])c(Br)c2)c(Cl)c1. The topological polar surface area (TPSA) is 90.7 Å². The van der Waals surface area contributed by atoms with Crippen molar-refractivity contribution in [3.63, 3.8) is 0 Å². The summed E-state index contributed by atoms with van der Waals surface area (Å²) in [5.74, 6) is 0.443. The van der Waals surface area contributed by atoms with E-state index in [0.717, 1.165) is 0 Å². The normalized spacial score (nSPS) is 11.0. The molecule has 7 nitrogen and oxygen atoms in total. The summed E-state index contributed by atoms with van der Waals surface area (Å²) in [7, 11) is 0. The largest absolute Gasteiger partial charge is 0.454 e. The van der Waals surface area contributed by atoms with Crippen LogP contribution in [-0.4, -0.2) is 16.6 Å². The second kappa shape index (κ2) is 8.33. The summed E-state index contributed by atoms with van der Waals surface area (Å²) in [5, 5.41) is 13.7. The van der Waals surface area contributed by atoms with Crippen molar-refractivity contribution in [2.75, 3.05) is 5.32 Å². The Hall–Kier alpha value is -2.03. The standard InChI is InChI=1S/C17H15BrCl2N2O5/c1-17(2,3)27-16(23)21-9-6-12(19)15(13(20)7-9)26-10-4-5-14(22(24)25)11(18)8-10/h4-8H,1-3H3,(H,21,23). The second-order valence-corrected chi connectivity index (χ2v) is 8.04. The fraction of sp³-hybridized carbons (Fsp3) is 0.235. The van der Waals surface area contributed by atoms with Gasteiger partial charge in [-0.2, -0.15) is 0 Å². The highest BCUT2D eigenvalue weighted by Crippen LogP contribution is 2.40. The number of benzene rings is 2. The third-order valence-electron chi connectivity index (χ3n) is 2.98. The maximum atomic E-state index is 11.8. The lowest BCUT2D eigenvalue weighted by molar-refractivity contribution is -0.385. The molecule has 0 aliphatic rings. The number of nitrogens with zero attached hydrogens (tertiary/aromatic N) is 1. The third kappa shape index (κ3) is 5.98. The third-order valence-corrected chi connectivity index (χ3v) is 4.18. The van der Waals surface area contributed by atoms with E-state index in [2.05, 4.69) is 21.2 Å². The molecule has 1 amide bonds. The van der Waals surface area contributed by atoms with Crippen LogP contribution in [0.3, 0.4) is 0 Å². The summed E-state index contributed by atoms with van der Waals surface area (Å²) in [6, 6.07) is 7.04. The van der Waals surface area contributed by atoms with Gasteiger partial charge in [0.15, 0.2) is 5.75 Å². The summed E-state index contributed by atoms with van der Waals surface area (Å²) >= 11 is 15.5. The smallest absolute Gasteiger partial charge is 0.412 e. The van der Waals surface area contributed by atoms with Crippen LogP contribution in [0.1, 0.15) is 20.8 Å². The summed E-state index contributed by atoms with van der Waals surface area (Å²) < 4.78 is 11.0. The van der Waals surface area contributed by atoms with E-state index in [0.29, 0.717) is 11.4 Å². The van der Waals surface area contributed by atoms with E-state index in [1.807, 2.05) is 0 Å². The summed E-state index contributed by atoms with van der Waals surface area (Å²) in [5.41, 5.74) is -0.419. The van der Waals surface area contributed by atoms with Gasteiger partial charge in [0.25, 0.3) is 5.69 Å². The van der Waals surface area contributed by atoms with Crippen LogP contribution in [0.15, 0.2) is 34.8 Å². The van der Waals surface area contributed by atoms with E-state index in [9.17, 15) is 14.9 Å². The van der Waals surface area contributed by atoms with E-state index in [4.69, 9.17) is 32.7 Å². The van der Waals surface area contributed by atoms with Crippen LogP contribution in [0.5, 0.6) is 11.5 Å². The van der Waals surface area contributed by atoms with Crippen LogP contribution < -0.4 is 10.1 Å². The number of nitro benzene ring substituents is 1. The maximum Gasteiger partial charge on any atom is 0.412 e. The highest BCUT2D eigenvalue weighted by Gasteiger charge is 2.19. The highest BCUT2D eigenvalue weighted by atomic mass is 79.9. The van der Waals surface area contributed by atoms with Crippen molar-refractivity contribution in [1.82, 2.24) is 0 Å². The number of halogens is 3. The molecule has 0 atom stereocenters. The molecule has 0 unspecified atom stereocenters. The minimum Gasteiger partial charge on any atom is -0.454 e. The van der Waals surface area contributed by atoms with Crippen LogP contribution >= 0.6 is 39.1 Å². The van der Waals surface area contributed by atoms with E-state index in [1.54, 1.807) is 20.8 Å². The molecule has 0 spiro atoms. The van der Waals surface area contributed by atoms with Crippen molar-refractivity contribution >= 4 is 56.6 Å². The Kier molecular flexibility index (Phi) is 6.56. The molecular weight excluding hydrogens is 463 g/mol. The Morgan fingerprint density at radius 3 is 2.26 bits per heavy atom. The first kappa shape index (κ1) is 21.3. The zero-order valence-corrected chi connectivity index (χ0v) is 17.6. The van der Waals surface area contributed by atoms with Crippen molar-refractivity contribution in [3.05, 3.63) is 55.0 Å². The summed E-state index contributed by atoms with van der Waals surface area (Å²) in [6.45, 7) is 5.23. The van der Waals surface area contributed by atoms with E-state index in [1.165, 1.54) is 30.3 Å². The average molecular weight is 478 g/mol. The van der Waals surface area contributed by atoms with Gasteiger partial charge in [0.05, 0.1) is 19.4 Å². The average Bonchev–Trinajstić information content (AvgIpc) is 2.48. The Bertz CT molecular complexity index is 876. The molecular formula is C17H15BrCl2N2O5. The monoisotopic (exact) mass is 476 g/mol. The Balaban J connectivity index is 2.21. The molecule has 0 heterocycles. The molecule has 0 radical (unpaired) electrons. The lowest BCUT2D eigenvalue weighted by Gasteiger charge is -2.20. The fourth-order valence-electron chi connectivity index (χ4n) is 1.97. The first-order valence-corrected chi connectivity index (χ1v) is 9.12. The molecule has 0 aliphatic heterocycles. The molecule has 0 fully saturated rings. The number of rotatable bonds is 4. The minimum absolute atomic E-state index is 0.101. The van der Waals surface area contributed by atoms with Crippen molar-refractivity contribution in [3.8, 4) is 11.5 Å². The van der Waals surface area contributed by atoms with Crippen LogP contribution in [-0.2, 0) is 4.74 Å². The number of amides is 1. The van der Waals surface area contributed by atoms with Gasteiger partial charge < -0.3 is 9.47 Å². The zero-order chi connectivity index (χ0) is 20.4. The minimum atomic E-state index is -0.650. The van der Waals surface area contributed by atoms with Crippen molar-refractivity contribution < 1.29 is 19.2 Å². The lowest BCUT2D eigenvalue weighted by atomic mass is 10.2. The molecule has 2 rings (SSSR count). The quantitative estimate of drug-likeness (QED) is 0.386.